The molecule has 2 N–H and O–H groups in total. The van der Waals surface area contributed by atoms with E-state index in [1.54, 1.807) is 0 Å². The molecule has 1 saturated carbocycles. The second-order valence-electron chi connectivity index (χ2n) is 7.36. The van der Waals surface area contributed by atoms with E-state index in [2.05, 4.69) is 39.4 Å². The molecule has 0 aromatic rings. The van der Waals surface area contributed by atoms with Gasteiger partial charge < -0.3 is 15.5 Å². The van der Waals surface area contributed by atoms with Crippen molar-refractivity contribution in [3.05, 3.63) is 0 Å². The quantitative estimate of drug-likeness (QED) is 0.426. The van der Waals surface area contributed by atoms with E-state index in [0.717, 1.165) is 25.0 Å². The Kier molecular flexibility index (Phi) is 8.17. The van der Waals surface area contributed by atoms with Gasteiger partial charge >= 0.3 is 0 Å². The van der Waals surface area contributed by atoms with Crippen molar-refractivity contribution in [1.82, 2.24) is 20.4 Å². The van der Waals surface area contributed by atoms with E-state index in [0.29, 0.717) is 6.04 Å². The monoisotopic (exact) mass is 323 g/mol. The molecule has 1 aliphatic carbocycles. The summed E-state index contributed by atoms with van der Waals surface area (Å²) in [7, 11) is 4.07. The first-order chi connectivity index (χ1) is 11.2. The standard InChI is InChI=1S/C18H37N5/c1-16(23-13-11-22(3)12-14-23)15-21-18(19-2)20-10-6-9-17-7-4-5-8-17/h16-17H,4-15H2,1-3H3,(H2,19,20,21). The maximum atomic E-state index is 4.35. The Hall–Kier alpha value is -0.810. The molecule has 0 aromatic heterocycles. The normalized spacial score (nSPS) is 23.2. The van der Waals surface area contributed by atoms with Crippen LogP contribution >= 0.6 is 0 Å². The minimum atomic E-state index is 0.556. The summed E-state index contributed by atoms with van der Waals surface area (Å²) < 4.78 is 0. The third-order valence-electron chi connectivity index (χ3n) is 5.51. The van der Waals surface area contributed by atoms with Crippen LogP contribution in [-0.4, -0.2) is 75.2 Å². The average Bonchev–Trinajstić information content (AvgIpc) is 3.08. The second-order valence-corrected chi connectivity index (χ2v) is 7.36. The Balaban J connectivity index is 1.56. The van der Waals surface area contributed by atoms with Gasteiger partial charge in [-0.2, -0.15) is 0 Å². The van der Waals surface area contributed by atoms with Crippen LogP contribution < -0.4 is 10.6 Å². The van der Waals surface area contributed by atoms with Gasteiger partial charge in [0, 0.05) is 52.4 Å². The maximum absolute atomic E-state index is 4.35. The Morgan fingerprint density at radius 2 is 1.83 bits per heavy atom. The van der Waals surface area contributed by atoms with Gasteiger partial charge in [-0.15, -0.1) is 0 Å². The lowest BCUT2D eigenvalue weighted by Crippen LogP contribution is -2.52. The zero-order valence-electron chi connectivity index (χ0n) is 15.5. The fourth-order valence-electron chi connectivity index (χ4n) is 3.75. The zero-order valence-corrected chi connectivity index (χ0v) is 15.5. The van der Waals surface area contributed by atoms with Crippen LogP contribution in [0.2, 0.25) is 0 Å². The van der Waals surface area contributed by atoms with E-state index < -0.39 is 0 Å². The molecule has 2 rings (SSSR count). The van der Waals surface area contributed by atoms with Crippen LogP contribution in [0.4, 0.5) is 0 Å². The summed E-state index contributed by atoms with van der Waals surface area (Å²) >= 11 is 0. The van der Waals surface area contributed by atoms with E-state index in [1.165, 1.54) is 64.7 Å². The first-order valence-electron chi connectivity index (χ1n) is 9.56. The number of guanidine groups is 1. The molecular weight excluding hydrogens is 286 g/mol. The van der Waals surface area contributed by atoms with E-state index >= 15 is 0 Å². The number of aliphatic imine (C=N–C) groups is 1. The van der Waals surface area contributed by atoms with Gasteiger partial charge in [-0.05, 0) is 32.7 Å². The summed E-state index contributed by atoms with van der Waals surface area (Å²) in [6, 6.07) is 0.556. The summed E-state index contributed by atoms with van der Waals surface area (Å²) in [4.78, 5) is 9.33. The molecule has 0 radical (unpaired) electrons. The number of rotatable bonds is 7. The van der Waals surface area contributed by atoms with Crippen LogP contribution in [0.25, 0.3) is 0 Å². The van der Waals surface area contributed by atoms with Gasteiger partial charge in [-0.25, -0.2) is 0 Å². The number of likely N-dealkylation sites (N-methyl/N-ethyl adjacent to an activating group) is 1. The molecule has 1 aliphatic heterocycles. The summed E-state index contributed by atoms with van der Waals surface area (Å²) in [5.74, 6) is 1.95. The predicted molar refractivity (Wildman–Crippen MR) is 99.1 cm³/mol. The molecule has 1 atom stereocenters. The smallest absolute Gasteiger partial charge is 0.191 e. The highest BCUT2D eigenvalue weighted by Crippen LogP contribution is 2.28. The SMILES string of the molecule is CN=C(NCCCC1CCCC1)NCC(C)N1CCN(C)CC1. The first kappa shape index (κ1) is 18.5. The minimum absolute atomic E-state index is 0.556. The summed E-state index contributed by atoms with van der Waals surface area (Å²) in [6.07, 6.45) is 8.45. The molecule has 5 nitrogen and oxygen atoms in total. The lowest BCUT2D eigenvalue weighted by atomic mass is 10.0. The van der Waals surface area contributed by atoms with E-state index in [4.69, 9.17) is 0 Å². The molecule has 0 bridgehead atoms. The largest absolute Gasteiger partial charge is 0.356 e. The lowest BCUT2D eigenvalue weighted by Gasteiger charge is -2.36. The van der Waals surface area contributed by atoms with Crippen molar-refractivity contribution in [2.75, 3.05) is 53.4 Å². The average molecular weight is 324 g/mol. The van der Waals surface area contributed by atoms with Crippen LogP contribution in [0.1, 0.15) is 45.4 Å². The molecular formula is C18H37N5. The van der Waals surface area contributed by atoms with Crippen LogP contribution in [0, 0.1) is 5.92 Å². The molecule has 1 unspecified atom stereocenters. The molecule has 2 aliphatic rings. The number of nitrogens with one attached hydrogen (secondary N) is 2. The first-order valence-corrected chi connectivity index (χ1v) is 9.56. The minimum Gasteiger partial charge on any atom is -0.356 e. The second kappa shape index (κ2) is 10.1. The fourth-order valence-corrected chi connectivity index (χ4v) is 3.75. The van der Waals surface area contributed by atoms with Gasteiger partial charge in [0.2, 0.25) is 0 Å². The molecule has 1 heterocycles. The Labute approximate surface area is 142 Å². The summed E-state index contributed by atoms with van der Waals surface area (Å²) in [6.45, 7) is 9.02. The molecule has 5 heteroatoms. The van der Waals surface area contributed by atoms with Crippen LogP contribution in [-0.2, 0) is 0 Å². The van der Waals surface area contributed by atoms with Gasteiger partial charge in [0.05, 0.1) is 0 Å². The van der Waals surface area contributed by atoms with Crippen molar-refractivity contribution in [2.45, 2.75) is 51.5 Å². The zero-order chi connectivity index (χ0) is 16.5. The van der Waals surface area contributed by atoms with Gasteiger partial charge in [0.1, 0.15) is 0 Å². The Morgan fingerprint density at radius 3 is 2.48 bits per heavy atom. The summed E-state index contributed by atoms with van der Waals surface area (Å²) in [5, 5.41) is 6.96. The highest BCUT2D eigenvalue weighted by atomic mass is 15.3. The Bertz CT molecular complexity index is 343. The van der Waals surface area contributed by atoms with Crippen LogP contribution in [0.15, 0.2) is 4.99 Å². The summed E-state index contributed by atoms with van der Waals surface area (Å²) in [5.41, 5.74) is 0. The topological polar surface area (TPSA) is 42.9 Å². The number of nitrogens with zero attached hydrogens (tertiary/aromatic N) is 3. The third kappa shape index (κ3) is 6.68. The third-order valence-corrected chi connectivity index (χ3v) is 5.51. The Morgan fingerprint density at radius 1 is 1.13 bits per heavy atom. The molecule has 1 saturated heterocycles. The molecule has 0 spiro atoms. The molecule has 134 valence electrons. The van der Waals surface area contributed by atoms with Crippen LogP contribution in [0.3, 0.4) is 0 Å². The highest BCUT2D eigenvalue weighted by molar-refractivity contribution is 5.79. The number of hydrogen-bond acceptors (Lipinski definition) is 3. The molecule has 0 aromatic carbocycles. The van der Waals surface area contributed by atoms with Gasteiger partial charge in [-0.1, -0.05) is 25.7 Å². The van der Waals surface area contributed by atoms with E-state index in [9.17, 15) is 0 Å². The fraction of sp³-hybridized carbons (Fsp3) is 0.944. The van der Waals surface area contributed by atoms with E-state index in [-0.39, 0.29) is 0 Å². The van der Waals surface area contributed by atoms with Crippen molar-refractivity contribution in [2.24, 2.45) is 10.9 Å². The lowest BCUT2D eigenvalue weighted by molar-refractivity contribution is 0.120. The van der Waals surface area contributed by atoms with Gasteiger partial charge in [0.25, 0.3) is 0 Å². The number of hydrogen-bond donors (Lipinski definition) is 2. The van der Waals surface area contributed by atoms with Crippen molar-refractivity contribution in [3.8, 4) is 0 Å². The molecule has 0 amide bonds. The molecule has 23 heavy (non-hydrogen) atoms. The van der Waals surface area contributed by atoms with Crippen molar-refractivity contribution in [1.29, 1.82) is 0 Å². The van der Waals surface area contributed by atoms with Crippen molar-refractivity contribution < 1.29 is 0 Å². The van der Waals surface area contributed by atoms with Crippen molar-refractivity contribution >= 4 is 5.96 Å². The highest BCUT2D eigenvalue weighted by Gasteiger charge is 2.19. The van der Waals surface area contributed by atoms with E-state index in [1.807, 2.05) is 7.05 Å². The van der Waals surface area contributed by atoms with Gasteiger partial charge in [0.15, 0.2) is 5.96 Å². The number of piperazine rings is 1. The maximum Gasteiger partial charge on any atom is 0.191 e. The molecule has 2 fully saturated rings. The van der Waals surface area contributed by atoms with Gasteiger partial charge in [-0.3, -0.25) is 9.89 Å². The predicted octanol–water partition coefficient (Wildman–Crippen LogP) is 1.76. The van der Waals surface area contributed by atoms with Crippen LogP contribution in [0.5, 0.6) is 0 Å². The van der Waals surface area contributed by atoms with Crippen molar-refractivity contribution in [3.63, 3.8) is 0 Å².